The molecule has 90 valence electrons. The van der Waals surface area contributed by atoms with Crippen LogP contribution in [0.2, 0.25) is 0 Å². The number of hydrogen-bond donors (Lipinski definition) is 1. The second-order valence-electron chi connectivity index (χ2n) is 4.25. The fourth-order valence-corrected chi connectivity index (χ4v) is 2.19. The van der Waals surface area contributed by atoms with Crippen molar-refractivity contribution in [1.29, 1.82) is 0 Å². The Kier molecular flexibility index (Phi) is 6.22. The van der Waals surface area contributed by atoms with Crippen molar-refractivity contribution >= 4 is 0 Å². The molecule has 1 fully saturated rings. The molecule has 0 bridgehead atoms. The highest BCUT2D eigenvalue weighted by atomic mass is 16.5. The van der Waals surface area contributed by atoms with E-state index < -0.39 is 0 Å². The van der Waals surface area contributed by atoms with Crippen LogP contribution in [0.1, 0.15) is 33.6 Å². The molecule has 0 amide bonds. The molecule has 1 saturated heterocycles. The van der Waals surface area contributed by atoms with E-state index in [0.717, 1.165) is 32.8 Å². The lowest BCUT2D eigenvalue weighted by Gasteiger charge is -2.26. The molecule has 0 aromatic heterocycles. The standard InChI is InChI=1S/C12H25NO2/c1-4-7-13-12(9-14-5-2)11-6-8-15-10(11)3/h10-13H,4-9H2,1-3H3. The molecule has 0 radical (unpaired) electrons. The highest BCUT2D eigenvalue weighted by molar-refractivity contribution is 4.84. The molecule has 0 saturated carbocycles. The Balaban J connectivity index is 2.38. The first-order valence-corrected chi connectivity index (χ1v) is 6.22. The Bertz CT molecular complexity index is 156. The predicted molar refractivity (Wildman–Crippen MR) is 62.1 cm³/mol. The third kappa shape index (κ3) is 4.09. The molecule has 1 aliphatic heterocycles. The number of hydrogen-bond acceptors (Lipinski definition) is 3. The lowest BCUT2D eigenvalue weighted by molar-refractivity contribution is 0.0629. The van der Waals surface area contributed by atoms with Gasteiger partial charge in [0.2, 0.25) is 0 Å². The molecule has 1 rings (SSSR count). The van der Waals surface area contributed by atoms with Gasteiger partial charge in [0.15, 0.2) is 0 Å². The quantitative estimate of drug-likeness (QED) is 0.702. The largest absolute Gasteiger partial charge is 0.380 e. The Morgan fingerprint density at radius 1 is 1.47 bits per heavy atom. The second kappa shape index (κ2) is 7.20. The third-order valence-electron chi connectivity index (χ3n) is 3.11. The van der Waals surface area contributed by atoms with Gasteiger partial charge < -0.3 is 14.8 Å². The normalized spacial score (nSPS) is 28.2. The van der Waals surface area contributed by atoms with Crippen LogP contribution in [0.15, 0.2) is 0 Å². The lowest BCUT2D eigenvalue weighted by atomic mass is 9.94. The van der Waals surface area contributed by atoms with E-state index in [9.17, 15) is 0 Å². The average Bonchev–Trinajstić information content (AvgIpc) is 2.65. The number of ether oxygens (including phenoxy) is 2. The fraction of sp³-hybridized carbons (Fsp3) is 1.00. The van der Waals surface area contributed by atoms with Gasteiger partial charge in [-0.25, -0.2) is 0 Å². The number of rotatable bonds is 7. The molecule has 3 nitrogen and oxygen atoms in total. The Hall–Kier alpha value is -0.120. The summed E-state index contributed by atoms with van der Waals surface area (Å²) in [6, 6.07) is 0.461. The Labute approximate surface area is 93.5 Å². The molecule has 0 spiro atoms. The summed E-state index contributed by atoms with van der Waals surface area (Å²) in [6.45, 7) is 10.00. The molecule has 3 atom stereocenters. The van der Waals surface area contributed by atoms with Crippen molar-refractivity contribution in [3.8, 4) is 0 Å². The van der Waals surface area contributed by atoms with Crippen LogP contribution in [0.4, 0.5) is 0 Å². The van der Waals surface area contributed by atoms with Gasteiger partial charge in [0, 0.05) is 25.2 Å². The zero-order valence-electron chi connectivity index (χ0n) is 10.3. The third-order valence-corrected chi connectivity index (χ3v) is 3.11. The summed E-state index contributed by atoms with van der Waals surface area (Å²) in [6.07, 6.45) is 2.71. The van der Waals surface area contributed by atoms with E-state index >= 15 is 0 Å². The molecular formula is C12H25NO2. The van der Waals surface area contributed by atoms with Gasteiger partial charge >= 0.3 is 0 Å². The summed E-state index contributed by atoms with van der Waals surface area (Å²) in [4.78, 5) is 0. The van der Waals surface area contributed by atoms with Crippen molar-refractivity contribution in [2.75, 3.05) is 26.4 Å². The van der Waals surface area contributed by atoms with Crippen LogP contribution in [0.25, 0.3) is 0 Å². The Morgan fingerprint density at radius 3 is 2.80 bits per heavy atom. The van der Waals surface area contributed by atoms with Crippen molar-refractivity contribution in [1.82, 2.24) is 5.32 Å². The van der Waals surface area contributed by atoms with E-state index in [4.69, 9.17) is 9.47 Å². The summed E-state index contributed by atoms with van der Waals surface area (Å²) in [5.41, 5.74) is 0. The first-order chi connectivity index (χ1) is 7.29. The van der Waals surface area contributed by atoms with Crippen molar-refractivity contribution in [2.45, 2.75) is 45.8 Å². The topological polar surface area (TPSA) is 30.5 Å². The van der Waals surface area contributed by atoms with Gasteiger partial charge in [0.25, 0.3) is 0 Å². The smallest absolute Gasteiger partial charge is 0.0623 e. The molecular weight excluding hydrogens is 190 g/mol. The minimum atomic E-state index is 0.375. The Morgan fingerprint density at radius 2 is 2.27 bits per heavy atom. The van der Waals surface area contributed by atoms with Crippen molar-refractivity contribution < 1.29 is 9.47 Å². The lowest BCUT2D eigenvalue weighted by Crippen LogP contribution is -2.43. The fourth-order valence-electron chi connectivity index (χ4n) is 2.19. The summed E-state index contributed by atoms with van der Waals surface area (Å²) in [7, 11) is 0. The van der Waals surface area contributed by atoms with Gasteiger partial charge in [-0.15, -0.1) is 0 Å². The molecule has 0 aromatic rings. The molecule has 0 aliphatic carbocycles. The van der Waals surface area contributed by atoms with Crippen LogP contribution in [-0.4, -0.2) is 38.5 Å². The predicted octanol–water partition coefficient (Wildman–Crippen LogP) is 1.82. The van der Waals surface area contributed by atoms with Crippen molar-refractivity contribution in [3.05, 3.63) is 0 Å². The van der Waals surface area contributed by atoms with Crippen LogP contribution >= 0.6 is 0 Å². The highest BCUT2D eigenvalue weighted by Crippen LogP contribution is 2.24. The molecule has 1 N–H and O–H groups in total. The maximum absolute atomic E-state index is 5.61. The van der Waals surface area contributed by atoms with E-state index in [1.54, 1.807) is 0 Å². The SMILES string of the molecule is CCCNC(COCC)C1CCOC1C. The summed E-state index contributed by atoms with van der Waals surface area (Å²) < 4.78 is 11.1. The summed E-state index contributed by atoms with van der Waals surface area (Å²) in [5.74, 6) is 0.614. The number of nitrogens with one attached hydrogen (secondary N) is 1. The van der Waals surface area contributed by atoms with Crippen LogP contribution in [0, 0.1) is 5.92 Å². The van der Waals surface area contributed by atoms with E-state index in [1.807, 2.05) is 6.92 Å². The van der Waals surface area contributed by atoms with E-state index in [1.165, 1.54) is 6.42 Å². The van der Waals surface area contributed by atoms with Gasteiger partial charge in [-0.2, -0.15) is 0 Å². The maximum Gasteiger partial charge on any atom is 0.0623 e. The van der Waals surface area contributed by atoms with E-state index in [0.29, 0.717) is 18.1 Å². The van der Waals surface area contributed by atoms with Gasteiger partial charge in [-0.1, -0.05) is 6.92 Å². The molecule has 3 heteroatoms. The molecule has 0 aromatic carbocycles. The average molecular weight is 215 g/mol. The first-order valence-electron chi connectivity index (χ1n) is 6.22. The van der Waals surface area contributed by atoms with Gasteiger partial charge in [0.1, 0.15) is 0 Å². The highest BCUT2D eigenvalue weighted by Gasteiger charge is 2.31. The van der Waals surface area contributed by atoms with Crippen LogP contribution < -0.4 is 5.32 Å². The molecule has 1 aliphatic rings. The van der Waals surface area contributed by atoms with Crippen LogP contribution in [0.3, 0.4) is 0 Å². The van der Waals surface area contributed by atoms with E-state index in [2.05, 4.69) is 19.2 Å². The van der Waals surface area contributed by atoms with Crippen LogP contribution in [0.5, 0.6) is 0 Å². The van der Waals surface area contributed by atoms with Gasteiger partial charge in [-0.05, 0) is 33.2 Å². The first kappa shape index (κ1) is 12.9. The molecule has 15 heavy (non-hydrogen) atoms. The van der Waals surface area contributed by atoms with Crippen molar-refractivity contribution in [3.63, 3.8) is 0 Å². The second-order valence-corrected chi connectivity index (χ2v) is 4.25. The van der Waals surface area contributed by atoms with Gasteiger partial charge in [0.05, 0.1) is 12.7 Å². The minimum Gasteiger partial charge on any atom is -0.380 e. The summed E-state index contributed by atoms with van der Waals surface area (Å²) in [5, 5.41) is 3.57. The van der Waals surface area contributed by atoms with Crippen molar-refractivity contribution in [2.24, 2.45) is 5.92 Å². The summed E-state index contributed by atoms with van der Waals surface area (Å²) >= 11 is 0. The van der Waals surface area contributed by atoms with Crippen LogP contribution in [-0.2, 0) is 9.47 Å². The molecule has 1 heterocycles. The van der Waals surface area contributed by atoms with Gasteiger partial charge in [-0.3, -0.25) is 0 Å². The molecule has 3 unspecified atom stereocenters. The monoisotopic (exact) mass is 215 g/mol. The zero-order valence-corrected chi connectivity index (χ0v) is 10.3. The van der Waals surface area contributed by atoms with E-state index in [-0.39, 0.29) is 0 Å². The zero-order chi connectivity index (χ0) is 11.1. The maximum atomic E-state index is 5.61. The minimum absolute atomic E-state index is 0.375.